The Morgan fingerprint density at radius 1 is 0.939 bits per heavy atom. The van der Waals surface area contributed by atoms with Gasteiger partial charge in [0, 0.05) is 58.2 Å². The van der Waals surface area contributed by atoms with Gasteiger partial charge in [-0.05, 0) is 74.6 Å². The van der Waals surface area contributed by atoms with E-state index in [1.165, 1.54) is 32.1 Å². The zero-order valence-electron chi connectivity index (χ0n) is 31.9. The molecule has 3 aromatic heterocycles. The molecule has 3 heterocycles. The quantitative estimate of drug-likeness (QED) is 0.0851. The lowest BCUT2D eigenvalue weighted by atomic mass is 9.77. The molecule has 49 heavy (non-hydrogen) atoms. The first kappa shape index (κ1) is 37.9. The molecule has 0 aliphatic heterocycles. The van der Waals surface area contributed by atoms with Crippen LogP contribution in [0.2, 0.25) is 51.4 Å². The van der Waals surface area contributed by atoms with Crippen molar-refractivity contribution >= 4 is 33.2 Å². The molecule has 2 aliphatic rings. The minimum atomic E-state index is -1.26. The zero-order chi connectivity index (χ0) is 35.6. The summed E-state index contributed by atoms with van der Waals surface area (Å²) < 4.78 is 14.9. The van der Waals surface area contributed by atoms with Crippen molar-refractivity contribution in [3.63, 3.8) is 0 Å². The Labute approximate surface area is 297 Å². The number of anilines is 1. The van der Waals surface area contributed by atoms with E-state index in [1.54, 1.807) is 0 Å². The highest BCUT2D eigenvalue weighted by Gasteiger charge is 2.38. The van der Waals surface area contributed by atoms with Crippen LogP contribution in [0.25, 0.3) is 22.3 Å². The van der Waals surface area contributed by atoms with Crippen molar-refractivity contribution in [3.05, 3.63) is 48.1 Å². The number of hydrogen-bond acceptors (Lipinski definition) is 7. The van der Waals surface area contributed by atoms with Gasteiger partial charge in [0.25, 0.3) is 0 Å². The van der Waals surface area contributed by atoms with Gasteiger partial charge in [0.2, 0.25) is 0 Å². The third kappa shape index (κ3) is 9.11. The molecule has 2 aliphatic carbocycles. The molecule has 1 N–H and O–H groups in total. The molecular formula is C39H63N5O3Si2. The van der Waals surface area contributed by atoms with Crippen molar-refractivity contribution in [2.75, 3.05) is 31.6 Å². The van der Waals surface area contributed by atoms with Crippen LogP contribution >= 0.6 is 0 Å². The van der Waals surface area contributed by atoms with Gasteiger partial charge in [-0.25, -0.2) is 4.98 Å². The number of rotatable bonds is 17. The third-order valence-corrected chi connectivity index (χ3v) is 14.3. The van der Waals surface area contributed by atoms with E-state index in [1.807, 2.05) is 36.8 Å². The minimum Gasteiger partial charge on any atom is -0.384 e. The van der Waals surface area contributed by atoms with E-state index in [0.29, 0.717) is 37.9 Å². The van der Waals surface area contributed by atoms with Crippen molar-refractivity contribution in [3.8, 4) is 11.1 Å². The van der Waals surface area contributed by atoms with Crippen molar-refractivity contribution in [2.24, 2.45) is 11.8 Å². The molecular weight excluding hydrogens is 643 g/mol. The van der Waals surface area contributed by atoms with Gasteiger partial charge in [-0.3, -0.25) is 4.98 Å². The first-order valence-corrected chi connectivity index (χ1v) is 26.2. The predicted molar refractivity (Wildman–Crippen MR) is 209 cm³/mol. The largest absolute Gasteiger partial charge is 0.384 e. The molecule has 0 radical (unpaired) electrons. The Morgan fingerprint density at radius 2 is 1.53 bits per heavy atom. The number of allylic oxidation sites excluding steroid dienone is 1. The van der Waals surface area contributed by atoms with Crippen LogP contribution in [0.15, 0.2) is 31.1 Å². The number of ether oxygens (including phenoxy) is 2. The lowest BCUT2D eigenvalue weighted by Gasteiger charge is -2.33. The SMILES string of the molecule is C=C(C)c1c([C@H]2C[C@@H]3CC[C@@H](C3)C2)nc2c(-c3ccc(C(O)(CC)CC)nc3)cnn2c1N(COCC[Si](C)(C)C)COCC[Si](C)(C)C. The van der Waals surface area contributed by atoms with Crippen LogP contribution in [0, 0.1) is 11.8 Å². The molecule has 3 aromatic rings. The Hall–Kier alpha value is -2.38. The summed E-state index contributed by atoms with van der Waals surface area (Å²) in [5.41, 5.74) is 5.68. The summed E-state index contributed by atoms with van der Waals surface area (Å²) in [4.78, 5) is 12.5. The van der Waals surface area contributed by atoms with Crippen molar-refractivity contribution in [2.45, 2.75) is 129 Å². The Morgan fingerprint density at radius 3 is 2.02 bits per heavy atom. The Balaban J connectivity index is 1.63. The van der Waals surface area contributed by atoms with E-state index in [2.05, 4.69) is 63.8 Å². The summed E-state index contributed by atoms with van der Waals surface area (Å²) >= 11 is 0. The van der Waals surface area contributed by atoms with Crippen molar-refractivity contribution in [1.82, 2.24) is 19.6 Å². The highest BCUT2D eigenvalue weighted by Crippen LogP contribution is 2.50. The van der Waals surface area contributed by atoms with Crippen molar-refractivity contribution in [1.29, 1.82) is 0 Å². The standard InChI is InChI=1S/C39H63N5O3Si2/c1-11-39(45,12-2)34-16-15-31(24-40-34)33-25-41-44-37(33)42-36(32-22-29-13-14-30(21-29)23-32)35(28(3)4)38(44)43(26-46-17-19-48(5,6)7)27-47-18-20-49(8,9)10/h15-16,24-25,29-30,32,45H,3,11-14,17-23,26-27H2,1-2,4-10H3/t29-,30+,32+. The predicted octanol–water partition coefficient (Wildman–Crippen LogP) is 9.56. The molecule has 8 nitrogen and oxygen atoms in total. The third-order valence-electron chi connectivity index (χ3n) is 10.9. The van der Waals surface area contributed by atoms with Gasteiger partial charge in [-0.15, -0.1) is 0 Å². The molecule has 0 aromatic carbocycles. The van der Waals surface area contributed by atoms with Crippen LogP contribution in [0.3, 0.4) is 0 Å². The molecule has 3 atom stereocenters. The minimum absolute atomic E-state index is 0.372. The van der Waals surface area contributed by atoms with E-state index in [-0.39, 0.29) is 0 Å². The van der Waals surface area contributed by atoms with Crippen molar-refractivity contribution < 1.29 is 14.6 Å². The number of pyridine rings is 1. The average molecular weight is 706 g/mol. The van der Waals surface area contributed by atoms with Crippen LogP contribution in [0.4, 0.5) is 5.82 Å². The van der Waals surface area contributed by atoms with Gasteiger partial charge in [0.15, 0.2) is 5.65 Å². The van der Waals surface area contributed by atoms with Gasteiger partial charge in [-0.1, -0.05) is 78.6 Å². The highest BCUT2D eigenvalue weighted by atomic mass is 28.3. The second-order valence-electron chi connectivity index (χ2n) is 17.4. The lowest BCUT2D eigenvalue weighted by molar-refractivity contribution is 0.0240. The van der Waals surface area contributed by atoms with Gasteiger partial charge in [0.1, 0.15) is 24.9 Å². The van der Waals surface area contributed by atoms with E-state index >= 15 is 0 Å². The highest BCUT2D eigenvalue weighted by molar-refractivity contribution is 6.76. The fourth-order valence-corrected chi connectivity index (χ4v) is 9.15. The first-order chi connectivity index (χ1) is 23.1. The van der Waals surface area contributed by atoms with Crippen LogP contribution < -0.4 is 4.90 Å². The van der Waals surface area contributed by atoms with Gasteiger partial charge in [-0.2, -0.15) is 9.61 Å². The molecule has 0 amide bonds. The second kappa shape index (κ2) is 15.5. The molecule has 270 valence electrons. The van der Waals surface area contributed by atoms with Crippen LogP contribution in [0.1, 0.15) is 88.6 Å². The maximum absolute atomic E-state index is 11.1. The topological polar surface area (TPSA) is 85.0 Å². The number of nitrogens with zero attached hydrogens (tertiary/aromatic N) is 5. The molecule has 0 unspecified atom stereocenters. The lowest BCUT2D eigenvalue weighted by Crippen LogP contribution is -2.34. The normalized spacial score (nSPS) is 19.9. The Kier molecular flexibility index (Phi) is 12.0. The van der Waals surface area contributed by atoms with E-state index in [9.17, 15) is 5.11 Å². The Bertz CT molecular complexity index is 1540. The van der Waals surface area contributed by atoms with Gasteiger partial charge < -0.3 is 19.5 Å². The number of hydrogen-bond donors (Lipinski definition) is 1. The molecule has 10 heteroatoms. The van der Waals surface area contributed by atoms with E-state index < -0.39 is 21.7 Å². The maximum Gasteiger partial charge on any atom is 0.165 e. The van der Waals surface area contributed by atoms with Crippen LogP contribution in [0.5, 0.6) is 0 Å². The monoisotopic (exact) mass is 705 g/mol. The molecule has 2 bridgehead atoms. The van der Waals surface area contributed by atoms with Crippen LogP contribution in [-0.2, 0) is 15.1 Å². The molecule has 5 rings (SSSR count). The summed E-state index contributed by atoms with van der Waals surface area (Å²) in [5, 5.41) is 16.2. The summed E-state index contributed by atoms with van der Waals surface area (Å²) in [6, 6.07) is 6.22. The maximum atomic E-state index is 11.1. The molecule has 0 spiro atoms. The smallest absolute Gasteiger partial charge is 0.165 e. The summed E-state index contributed by atoms with van der Waals surface area (Å²) in [5.74, 6) is 2.86. The number of aromatic nitrogens is 4. The molecule has 2 saturated carbocycles. The van der Waals surface area contributed by atoms with E-state index in [0.717, 1.165) is 76.6 Å². The summed E-state index contributed by atoms with van der Waals surface area (Å²) in [6.45, 7) is 27.3. The van der Waals surface area contributed by atoms with Crippen LogP contribution in [-0.4, -0.2) is 67.5 Å². The first-order valence-electron chi connectivity index (χ1n) is 18.8. The fraction of sp³-hybridized carbons (Fsp3) is 0.667. The average Bonchev–Trinajstić information content (AvgIpc) is 3.63. The van der Waals surface area contributed by atoms with Gasteiger partial charge >= 0.3 is 0 Å². The number of aliphatic hydroxyl groups is 1. The number of fused-ring (bicyclic) bond motifs is 3. The zero-order valence-corrected chi connectivity index (χ0v) is 33.9. The molecule has 0 saturated heterocycles. The van der Waals surface area contributed by atoms with E-state index in [4.69, 9.17) is 24.5 Å². The fourth-order valence-electron chi connectivity index (χ4n) is 7.63. The molecule has 2 fully saturated rings. The summed E-state index contributed by atoms with van der Waals surface area (Å²) in [7, 11) is -2.52. The summed E-state index contributed by atoms with van der Waals surface area (Å²) in [6.07, 6.45) is 11.4. The van der Waals surface area contributed by atoms with Gasteiger partial charge in [0.05, 0.1) is 17.6 Å². The second-order valence-corrected chi connectivity index (χ2v) is 28.6.